The molecule has 0 aliphatic rings. The molecule has 1 aromatic heterocycles. The molecule has 3 N–H and O–H groups in total. The number of carbonyl (C=O) groups is 1. The molecule has 1 unspecified atom stereocenters. The predicted octanol–water partition coefficient (Wildman–Crippen LogP) is 4.27. The minimum atomic E-state index is -1.12. The predicted molar refractivity (Wildman–Crippen MR) is 130 cm³/mol. The van der Waals surface area contributed by atoms with E-state index in [-0.39, 0.29) is 28.3 Å². The van der Waals surface area contributed by atoms with Gasteiger partial charge in [-0.25, -0.2) is 5.21 Å². The number of anilines is 1. The molecule has 3 aromatic carbocycles. The normalized spacial score (nSPS) is 12.1. The third-order valence-electron chi connectivity index (χ3n) is 4.51. The maximum Gasteiger partial charge on any atom is 0.277 e. The van der Waals surface area contributed by atoms with Crippen molar-refractivity contribution in [2.24, 2.45) is 4.99 Å². The van der Waals surface area contributed by atoms with Gasteiger partial charge >= 0.3 is 0 Å². The summed E-state index contributed by atoms with van der Waals surface area (Å²) in [4.78, 5) is 16.6. The highest BCUT2D eigenvalue weighted by molar-refractivity contribution is 7.99. The monoisotopic (exact) mass is 495 g/mol. The molecule has 1 amide bonds. The standard InChI is InChI=1S/C23H18ClN5O4S/c24-17-9-5-15(6-10-17)13-25-18-11-7-16(8-12-18)22-27-28-23(33-22)34-14-21(30)26-19-3-1-2-4-20(19)29(31)32/h1-13,29,31H,14H2,(H,26,30). The Kier molecular flexibility index (Phi) is 7.68. The lowest BCUT2D eigenvalue weighted by Gasteiger charge is -2.15. The van der Waals surface area contributed by atoms with Crippen LogP contribution >= 0.6 is 23.4 Å². The first-order valence-corrected chi connectivity index (χ1v) is 11.3. The van der Waals surface area contributed by atoms with Gasteiger partial charge in [0.1, 0.15) is 5.69 Å². The summed E-state index contributed by atoms with van der Waals surface area (Å²) >= 11 is 6.94. The van der Waals surface area contributed by atoms with E-state index in [0.717, 1.165) is 23.0 Å². The number of nitrogens with zero attached hydrogens (tertiary/aromatic N) is 3. The summed E-state index contributed by atoms with van der Waals surface area (Å²) in [6.45, 7) is 0. The van der Waals surface area contributed by atoms with Crippen molar-refractivity contribution in [1.29, 1.82) is 0 Å². The zero-order valence-electron chi connectivity index (χ0n) is 17.5. The number of para-hydroxylation sites is 2. The van der Waals surface area contributed by atoms with E-state index in [1.54, 1.807) is 30.5 Å². The van der Waals surface area contributed by atoms with E-state index in [1.807, 2.05) is 36.4 Å². The molecule has 1 atom stereocenters. The van der Waals surface area contributed by atoms with Gasteiger partial charge in [-0.2, -0.15) is 5.23 Å². The van der Waals surface area contributed by atoms with Crippen LogP contribution in [0, 0.1) is 5.21 Å². The van der Waals surface area contributed by atoms with Gasteiger partial charge in [-0.3, -0.25) is 9.79 Å². The molecule has 11 heteroatoms. The number of thioether (sulfide) groups is 1. The molecule has 172 valence electrons. The molecular weight excluding hydrogens is 478 g/mol. The lowest BCUT2D eigenvalue weighted by molar-refractivity contribution is -0.990. The quantitative estimate of drug-likeness (QED) is 0.189. The van der Waals surface area contributed by atoms with Crippen LogP contribution in [-0.4, -0.2) is 33.3 Å². The number of hydrogen-bond acceptors (Lipinski definition) is 8. The lowest BCUT2D eigenvalue weighted by atomic mass is 10.2. The second-order valence-corrected chi connectivity index (χ2v) is 8.28. The van der Waals surface area contributed by atoms with Crippen molar-refractivity contribution in [2.45, 2.75) is 5.22 Å². The fraction of sp³-hybridized carbons (Fsp3) is 0.0435. The van der Waals surface area contributed by atoms with Crippen molar-refractivity contribution in [2.75, 3.05) is 11.1 Å². The molecule has 4 aromatic rings. The largest absolute Gasteiger partial charge is 0.595 e. The molecular formula is C23H18ClN5O4S. The number of rotatable bonds is 8. The molecule has 0 fully saturated rings. The Labute approximate surface area is 203 Å². The summed E-state index contributed by atoms with van der Waals surface area (Å²) in [5.41, 5.74) is 2.64. The van der Waals surface area contributed by atoms with Crippen molar-refractivity contribution in [3.05, 3.63) is 88.6 Å². The molecule has 9 nitrogen and oxygen atoms in total. The number of halogens is 1. The Hall–Kier alpha value is -3.54. The number of amides is 1. The van der Waals surface area contributed by atoms with Gasteiger partial charge in [-0.15, -0.1) is 10.2 Å². The second-order valence-electron chi connectivity index (χ2n) is 6.92. The smallest absolute Gasteiger partial charge is 0.277 e. The molecule has 0 aliphatic heterocycles. The van der Waals surface area contributed by atoms with Gasteiger partial charge in [-0.05, 0) is 48.0 Å². The number of carbonyl (C=O) groups excluding carboxylic acids is 1. The van der Waals surface area contributed by atoms with Crippen molar-refractivity contribution in [1.82, 2.24) is 10.2 Å². The molecule has 0 spiro atoms. The molecule has 4 rings (SSSR count). The fourth-order valence-corrected chi connectivity index (χ4v) is 3.55. The van der Waals surface area contributed by atoms with Crippen molar-refractivity contribution in [3.8, 4) is 11.5 Å². The summed E-state index contributed by atoms with van der Waals surface area (Å²) in [5.74, 6) is -0.0952. The van der Waals surface area contributed by atoms with E-state index in [4.69, 9.17) is 16.0 Å². The highest BCUT2D eigenvalue weighted by atomic mass is 35.5. The number of quaternary nitrogens is 1. The van der Waals surface area contributed by atoms with Crippen LogP contribution in [0.4, 0.5) is 17.1 Å². The van der Waals surface area contributed by atoms with E-state index in [1.165, 1.54) is 12.1 Å². The number of benzene rings is 3. The Morgan fingerprint density at radius 2 is 1.85 bits per heavy atom. The summed E-state index contributed by atoms with van der Waals surface area (Å²) in [6, 6.07) is 20.8. The minimum absolute atomic E-state index is 0.0156. The van der Waals surface area contributed by atoms with E-state index >= 15 is 0 Å². The fourth-order valence-electron chi connectivity index (χ4n) is 2.86. The van der Waals surface area contributed by atoms with Gasteiger partial charge in [0.05, 0.1) is 11.4 Å². The Bertz CT molecular complexity index is 1290. The van der Waals surface area contributed by atoms with Crippen LogP contribution in [0.3, 0.4) is 0 Å². The van der Waals surface area contributed by atoms with E-state index in [0.29, 0.717) is 16.5 Å². The van der Waals surface area contributed by atoms with Crippen LogP contribution < -0.4 is 10.5 Å². The SMILES string of the molecule is O=C(CSc1nnc(-c2ccc(N=Cc3ccc(Cl)cc3)cc2)o1)Nc1ccccc1[NH+]([O-])O. The zero-order chi connectivity index (χ0) is 23.9. The average Bonchev–Trinajstić information content (AvgIpc) is 3.32. The van der Waals surface area contributed by atoms with Crippen molar-refractivity contribution in [3.63, 3.8) is 0 Å². The summed E-state index contributed by atoms with van der Waals surface area (Å²) in [5, 5.41) is 30.8. The number of aromatic nitrogens is 2. The van der Waals surface area contributed by atoms with Gasteiger partial charge in [0.15, 0.2) is 5.69 Å². The third kappa shape index (κ3) is 6.28. The maximum atomic E-state index is 12.2. The topological polar surface area (TPSA) is 128 Å². The van der Waals surface area contributed by atoms with Crippen molar-refractivity contribution < 1.29 is 19.6 Å². The molecule has 0 saturated carbocycles. The number of hydrogen-bond donors (Lipinski definition) is 3. The van der Waals surface area contributed by atoms with Gasteiger partial charge in [-0.1, -0.05) is 47.6 Å². The Morgan fingerprint density at radius 1 is 1.12 bits per heavy atom. The molecule has 0 bridgehead atoms. The summed E-state index contributed by atoms with van der Waals surface area (Å²) < 4.78 is 5.63. The molecule has 0 radical (unpaired) electrons. The number of aliphatic imine (C=N–C) groups is 1. The van der Waals surface area contributed by atoms with Gasteiger partial charge in [0.2, 0.25) is 11.8 Å². The molecule has 1 heterocycles. The Balaban J connectivity index is 1.33. The number of nitrogens with one attached hydrogen (secondary N) is 2. The molecule has 0 saturated heterocycles. The van der Waals surface area contributed by atoms with Crippen LogP contribution in [-0.2, 0) is 4.79 Å². The minimum Gasteiger partial charge on any atom is -0.595 e. The first-order chi connectivity index (χ1) is 16.5. The van der Waals surface area contributed by atoms with E-state index in [2.05, 4.69) is 20.5 Å². The van der Waals surface area contributed by atoms with Crippen molar-refractivity contribution >= 4 is 52.5 Å². The Morgan fingerprint density at radius 3 is 2.59 bits per heavy atom. The average molecular weight is 496 g/mol. The maximum absolute atomic E-state index is 12.2. The van der Waals surface area contributed by atoms with Crippen LogP contribution in [0.5, 0.6) is 0 Å². The lowest BCUT2D eigenvalue weighted by Crippen LogP contribution is -2.99. The first kappa shape index (κ1) is 23.6. The second kappa shape index (κ2) is 11.1. The highest BCUT2D eigenvalue weighted by Crippen LogP contribution is 2.25. The summed E-state index contributed by atoms with van der Waals surface area (Å²) in [6.07, 6.45) is 1.74. The van der Waals surface area contributed by atoms with Crippen LogP contribution in [0.25, 0.3) is 11.5 Å². The van der Waals surface area contributed by atoms with E-state index < -0.39 is 5.23 Å². The van der Waals surface area contributed by atoms with Gasteiger partial charge < -0.3 is 14.9 Å². The zero-order valence-corrected chi connectivity index (χ0v) is 19.1. The van der Waals surface area contributed by atoms with Gasteiger partial charge in [0, 0.05) is 22.9 Å². The molecule has 34 heavy (non-hydrogen) atoms. The summed E-state index contributed by atoms with van der Waals surface area (Å²) in [7, 11) is 0. The van der Waals surface area contributed by atoms with Crippen LogP contribution in [0.2, 0.25) is 5.02 Å². The van der Waals surface area contributed by atoms with Gasteiger partial charge in [0.25, 0.3) is 5.22 Å². The first-order valence-electron chi connectivity index (χ1n) is 9.96. The van der Waals surface area contributed by atoms with Crippen LogP contribution in [0.1, 0.15) is 5.56 Å². The third-order valence-corrected chi connectivity index (χ3v) is 5.58. The van der Waals surface area contributed by atoms with Crippen LogP contribution in [0.15, 0.2) is 87.4 Å². The highest BCUT2D eigenvalue weighted by Gasteiger charge is 2.14. The molecule has 0 aliphatic carbocycles. The van der Waals surface area contributed by atoms with E-state index in [9.17, 15) is 15.2 Å².